The van der Waals surface area contributed by atoms with Gasteiger partial charge in [0.25, 0.3) is 0 Å². The van der Waals surface area contributed by atoms with Gasteiger partial charge in [0.1, 0.15) is 5.82 Å². The van der Waals surface area contributed by atoms with E-state index in [0.29, 0.717) is 28.7 Å². The van der Waals surface area contributed by atoms with Crippen molar-refractivity contribution < 1.29 is 23.5 Å². The predicted octanol–water partition coefficient (Wildman–Crippen LogP) is 5.43. The van der Waals surface area contributed by atoms with E-state index in [9.17, 15) is 14.0 Å². The van der Waals surface area contributed by atoms with Crippen molar-refractivity contribution in [2.45, 2.75) is 44.5 Å². The quantitative estimate of drug-likeness (QED) is 0.157. The molecule has 0 N–H and O–H groups in total. The van der Waals surface area contributed by atoms with Gasteiger partial charge in [-0.25, -0.2) is 9.18 Å². The molecule has 1 unspecified atom stereocenters. The number of hydrogen-bond donors (Lipinski definition) is 0. The highest BCUT2D eigenvalue weighted by Gasteiger charge is 2.23. The Labute approximate surface area is 230 Å². The SMILES string of the molecule is COC(=O)c1ccc(-n2c(C)cc(C(=O)CSc3nnc(-c4ccc(F)cc4)n3CC3CCCO3)c2C)cc1. The summed E-state index contributed by atoms with van der Waals surface area (Å²) in [4.78, 5) is 25.2. The zero-order valence-electron chi connectivity index (χ0n) is 22.0. The predicted molar refractivity (Wildman–Crippen MR) is 146 cm³/mol. The number of carbonyl (C=O) groups is 2. The number of benzene rings is 2. The number of Topliss-reactive ketones (excluding diaryl/α,β-unsaturated/α-hetero) is 1. The molecule has 4 aromatic rings. The second-order valence-corrected chi connectivity index (χ2v) is 10.4. The van der Waals surface area contributed by atoms with Crippen molar-refractivity contribution in [2.24, 2.45) is 0 Å². The van der Waals surface area contributed by atoms with Gasteiger partial charge in [-0.1, -0.05) is 11.8 Å². The summed E-state index contributed by atoms with van der Waals surface area (Å²) >= 11 is 1.33. The van der Waals surface area contributed by atoms with Crippen LogP contribution in [0.4, 0.5) is 4.39 Å². The van der Waals surface area contributed by atoms with Crippen molar-refractivity contribution in [1.82, 2.24) is 19.3 Å². The third-order valence-corrected chi connectivity index (χ3v) is 7.81. The van der Waals surface area contributed by atoms with Crippen LogP contribution >= 0.6 is 11.8 Å². The van der Waals surface area contributed by atoms with Crippen LogP contribution < -0.4 is 0 Å². The fourth-order valence-corrected chi connectivity index (χ4v) is 5.71. The monoisotopic (exact) mass is 548 g/mol. The maximum absolute atomic E-state index is 13.5. The molecule has 2 aromatic heterocycles. The third-order valence-electron chi connectivity index (χ3n) is 6.84. The normalized spacial score (nSPS) is 15.0. The van der Waals surface area contributed by atoms with Gasteiger partial charge in [-0.05, 0) is 81.3 Å². The van der Waals surface area contributed by atoms with Gasteiger partial charge in [0.05, 0.1) is 31.1 Å². The Morgan fingerprint density at radius 3 is 2.51 bits per heavy atom. The molecule has 5 rings (SSSR count). The number of methoxy groups -OCH3 is 1. The van der Waals surface area contributed by atoms with Crippen LogP contribution in [0, 0.1) is 19.7 Å². The molecule has 0 radical (unpaired) electrons. The molecule has 10 heteroatoms. The van der Waals surface area contributed by atoms with Gasteiger partial charge in [0, 0.05) is 34.8 Å². The van der Waals surface area contributed by atoms with Crippen LogP contribution in [-0.4, -0.2) is 56.7 Å². The Morgan fingerprint density at radius 1 is 1.10 bits per heavy atom. The molecule has 0 saturated carbocycles. The topological polar surface area (TPSA) is 88.2 Å². The standard InChI is InChI=1S/C29H29FN4O4S/c1-18-15-25(19(2)34(18)23-12-8-21(9-13-23)28(36)37-3)26(35)17-39-29-32-31-27(20-6-10-22(30)11-7-20)33(29)16-24-5-4-14-38-24/h6-13,15,24H,4-5,14,16-17H2,1-3H3. The van der Waals surface area contributed by atoms with E-state index >= 15 is 0 Å². The Kier molecular flexibility index (Phi) is 7.94. The van der Waals surface area contributed by atoms with E-state index in [4.69, 9.17) is 9.47 Å². The minimum Gasteiger partial charge on any atom is -0.465 e. The number of esters is 1. The summed E-state index contributed by atoms with van der Waals surface area (Å²) in [6.45, 7) is 5.14. The number of thioether (sulfide) groups is 1. The highest BCUT2D eigenvalue weighted by molar-refractivity contribution is 7.99. The van der Waals surface area contributed by atoms with Crippen molar-refractivity contribution in [3.05, 3.63) is 82.9 Å². The molecular weight excluding hydrogens is 519 g/mol. The number of halogens is 1. The molecule has 1 aliphatic rings. The van der Waals surface area contributed by atoms with E-state index in [0.717, 1.165) is 42.1 Å². The number of ketones is 1. The molecule has 1 fully saturated rings. The van der Waals surface area contributed by atoms with E-state index in [1.165, 1.54) is 31.0 Å². The average molecular weight is 549 g/mol. The summed E-state index contributed by atoms with van der Waals surface area (Å²) in [5, 5.41) is 9.37. The van der Waals surface area contributed by atoms with Crippen LogP contribution in [0.1, 0.15) is 44.9 Å². The lowest BCUT2D eigenvalue weighted by molar-refractivity contribution is 0.0600. The molecule has 8 nitrogen and oxygen atoms in total. The lowest BCUT2D eigenvalue weighted by Gasteiger charge is -2.14. The zero-order valence-corrected chi connectivity index (χ0v) is 22.8. The fraction of sp³-hybridized carbons (Fsp3) is 0.310. The van der Waals surface area contributed by atoms with Gasteiger partial charge in [-0.3, -0.25) is 9.36 Å². The van der Waals surface area contributed by atoms with Crippen LogP contribution in [0.15, 0.2) is 59.8 Å². The van der Waals surface area contributed by atoms with E-state index in [-0.39, 0.29) is 23.5 Å². The minimum atomic E-state index is -0.398. The van der Waals surface area contributed by atoms with Crippen molar-refractivity contribution in [3.8, 4) is 17.1 Å². The van der Waals surface area contributed by atoms with Crippen molar-refractivity contribution in [1.29, 1.82) is 0 Å². The highest BCUT2D eigenvalue weighted by Crippen LogP contribution is 2.28. The molecule has 39 heavy (non-hydrogen) atoms. The lowest BCUT2D eigenvalue weighted by Crippen LogP contribution is -2.17. The van der Waals surface area contributed by atoms with E-state index in [2.05, 4.69) is 10.2 Å². The summed E-state index contributed by atoms with van der Waals surface area (Å²) in [6, 6.07) is 15.1. The van der Waals surface area contributed by atoms with E-state index < -0.39 is 5.97 Å². The van der Waals surface area contributed by atoms with Crippen molar-refractivity contribution in [2.75, 3.05) is 19.5 Å². The molecule has 0 bridgehead atoms. The average Bonchev–Trinajstić information content (AvgIpc) is 3.67. The lowest BCUT2D eigenvalue weighted by atomic mass is 10.2. The molecule has 1 atom stereocenters. The maximum Gasteiger partial charge on any atom is 0.337 e. The molecule has 1 saturated heterocycles. The molecule has 0 amide bonds. The Hall–Kier alpha value is -3.76. The first-order valence-electron chi connectivity index (χ1n) is 12.7. The van der Waals surface area contributed by atoms with Gasteiger partial charge in [0.15, 0.2) is 16.8 Å². The van der Waals surface area contributed by atoms with Gasteiger partial charge >= 0.3 is 5.97 Å². The first-order chi connectivity index (χ1) is 18.9. The number of ether oxygens (including phenoxy) is 2. The van der Waals surface area contributed by atoms with Crippen LogP contribution in [0.3, 0.4) is 0 Å². The molecule has 2 aromatic carbocycles. The van der Waals surface area contributed by atoms with Crippen LogP contribution in [0.2, 0.25) is 0 Å². The van der Waals surface area contributed by atoms with E-state index in [1.54, 1.807) is 24.3 Å². The summed E-state index contributed by atoms with van der Waals surface area (Å²) in [5.74, 6) is 0.0552. The smallest absolute Gasteiger partial charge is 0.337 e. The molecule has 202 valence electrons. The first kappa shape index (κ1) is 26.8. The minimum absolute atomic E-state index is 0.0273. The number of carbonyl (C=O) groups excluding carboxylic acids is 2. The number of hydrogen-bond acceptors (Lipinski definition) is 7. The largest absolute Gasteiger partial charge is 0.465 e. The van der Waals surface area contributed by atoms with Gasteiger partial charge < -0.3 is 14.0 Å². The molecule has 0 spiro atoms. The number of nitrogens with zero attached hydrogens (tertiary/aromatic N) is 4. The van der Waals surface area contributed by atoms with Crippen LogP contribution in [0.25, 0.3) is 17.1 Å². The molecule has 1 aliphatic heterocycles. The van der Waals surface area contributed by atoms with Crippen LogP contribution in [-0.2, 0) is 16.0 Å². The summed E-state index contributed by atoms with van der Waals surface area (Å²) < 4.78 is 28.1. The Balaban J connectivity index is 1.36. The van der Waals surface area contributed by atoms with Gasteiger partial charge in [-0.15, -0.1) is 10.2 Å². The number of rotatable bonds is 9. The first-order valence-corrected chi connectivity index (χ1v) is 13.7. The van der Waals surface area contributed by atoms with Gasteiger partial charge in [0.2, 0.25) is 0 Å². The molecular formula is C29H29FN4O4S. The Morgan fingerprint density at radius 2 is 1.85 bits per heavy atom. The van der Waals surface area contributed by atoms with Crippen molar-refractivity contribution >= 4 is 23.5 Å². The van der Waals surface area contributed by atoms with Crippen molar-refractivity contribution in [3.63, 3.8) is 0 Å². The highest BCUT2D eigenvalue weighted by atomic mass is 32.2. The van der Waals surface area contributed by atoms with Gasteiger partial charge in [-0.2, -0.15) is 0 Å². The third kappa shape index (κ3) is 5.67. The fourth-order valence-electron chi connectivity index (χ4n) is 4.88. The summed E-state index contributed by atoms with van der Waals surface area (Å²) in [6.07, 6.45) is 1.98. The second-order valence-electron chi connectivity index (χ2n) is 9.43. The van der Waals surface area contributed by atoms with E-state index in [1.807, 2.05) is 41.2 Å². The summed E-state index contributed by atoms with van der Waals surface area (Å²) in [7, 11) is 1.35. The molecule has 0 aliphatic carbocycles. The van der Waals surface area contributed by atoms with Crippen LogP contribution in [0.5, 0.6) is 0 Å². The molecule has 3 heterocycles. The number of aromatic nitrogens is 4. The second kappa shape index (κ2) is 11.5. The maximum atomic E-state index is 13.5. The zero-order chi connectivity index (χ0) is 27.5. The summed E-state index contributed by atoms with van der Waals surface area (Å²) in [5.41, 5.74) is 4.42. The Bertz CT molecular complexity index is 1490. The number of aryl methyl sites for hydroxylation is 1.